The summed E-state index contributed by atoms with van der Waals surface area (Å²) in [5.41, 5.74) is 0. The van der Waals surface area contributed by atoms with Crippen LogP contribution in [0.1, 0.15) is 26.7 Å². The highest BCUT2D eigenvalue weighted by atomic mass is 32.1. The summed E-state index contributed by atoms with van der Waals surface area (Å²) in [6.45, 7) is 8.00. The fourth-order valence-electron chi connectivity index (χ4n) is 1.62. The van der Waals surface area contributed by atoms with Gasteiger partial charge in [-0.15, -0.1) is 0 Å². The molecule has 0 aromatic heterocycles. The van der Waals surface area contributed by atoms with Crippen LogP contribution >= 0.6 is 12.6 Å². The number of nitrogens with zero attached hydrogens (tertiary/aromatic N) is 1. The zero-order valence-electron chi connectivity index (χ0n) is 7.51. The topological polar surface area (TPSA) is 3.24 Å². The predicted molar refractivity (Wildman–Crippen MR) is 53.0 cm³/mol. The van der Waals surface area contributed by atoms with Crippen LogP contribution in [0.4, 0.5) is 0 Å². The van der Waals surface area contributed by atoms with Crippen molar-refractivity contribution in [3.05, 3.63) is 5.92 Å². The Hall–Kier alpha value is 0.310. The highest BCUT2D eigenvalue weighted by Crippen LogP contribution is 2.15. The molecule has 1 atom stereocenters. The van der Waals surface area contributed by atoms with Gasteiger partial charge in [-0.3, -0.25) is 0 Å². The monoisotopic (exact) mass is 172 g/mol. The maximum atomic E-state index is 4.49. The molecule has 2 heteroatoms. The Balaban J connectivity index is 2.23. The third kappa shape index (κ3) is 3.48. The van der Waals surface area contributed by atoms with E-state index in [9.17, 15) is 0 Å². The first-order chi connectivity index (χ1) is 5.18. The highest BCUT2D eigenvalue weighted by Gasteiger charge is 2.16. The van der Waals surface area contributed by atoms with Gasteiger partial charge in [0.1, 0.15) is 0 Å². The van der Waals surface area contributed by atoms with Crippen molar-refractivity contribution in [1.82, 2.24) is 4.90 Å². The summed E-state index contributed by atoms with van der Waals surface area (Å²) in [6.07, 6.45) is 2.61. The fourth-order valence-corrected chi connectivity index (χ4v) is 2.04. The van der Waals surface area contributed by atoms with E-state index in [0.29, 0.717) is 5.25 Å². The van der Waals surface area contributed by atoms with E-state index in [1.807, 2.05) is 0 Å². The van der Waals surface area contributed by atoms with Crippen LogP contribution in [0, 0.1) is 5.92 Å². The van der Waals surface area contributed by atoms with Crippen LogP contribution in [0.5, 0.6) is 0 Å². The summed E-state index contributed by atoms with van der Waals surface area (Å²) in [7, 11) is 0. The van der Waals surface area contributed by atoms with Gasteiger partial charge in [0.15, 0.2) is 0 Å². The number of piperidine rings is 1. The van der Waals surface area contributed by atoms with E-state index in [0.717, 1.165) is 6.54 Å². The van der Waals surface area contributed by atoms with Gasteiger partial charge in [0.2, 0.25) is 0 Å². The first-order valence-corrected chi connectivity index (χ1v) is 4.89. The molecule has 1 aliphatic heterocycles. The molecule has 0 saturated carbocycles. The molecule has 65 valence electrons. The van der Waals surface area contributed by atoms with Crippen LogP contribution in [0.3, 0.4) is 0 Å². The van der Waals surface area contributed by atoms with E-state index >= 15 is 0 Å². The van der Waals surface area contributed by atoms with Crippen LogP contribution in [0.2, 0.25) is 0 Å². The molecular formula is C9H18NS. The standard InChI is InChI=1S/C9H18NS/c1-8(2)6-10-5-3-4-9(11)7-10/h9,11H,3-7H2,1-2H3/t9-/m1/s1. The van der Waals surface area contributed by atoms with E-state index in [2.05, 4.69) is 31.4 Å². The molecule has 11 heavy (non-hydrogen) atoms. The fraction of sp³-hybridized carbons (Fsp3) is 0.889. The molecular weight excluding hydrogens is 154 g/mol. The van der Waals surface area contributed by atoms with Crippen molar-refractivity contribution in [2.75, 3.05) is 19.6 Å². The van der Waals surface area contributed by atoms with Crippen molar-refractivity contribution in [2.24, 2.45) is 0 Å². The van der Waals surface area contributed by atoms with E-state index in [-0.39, 0.29) is 0 Å². The molecule has 0 bridgehead atoms. The molecule has 1 aliphatic rings. The lowest BCUT2D eigenvalue weighted by Gasteiger charge is -2.31. The van der Waals surface area contributed by atoms with Gasteiger partial charge in [-0.25, -0.2) is 0 Å². The molecule has 0 aliphatic carbocycles. The average molecular weight is 172 g/mol. The number of likely N-dealkylation sites (tertiary alicyclic amines) is 1. The lowest BCUT2D eigenvalue weighted by atomic mass is 10.1. The summed E-state index contributed by atoms with van der Waals surface area (Å²) in [5, 5.41) is 0.614. The van der Waals surface area contributed by atoms with Gasteiger partial charge in [-0.1, -0.05) is 13.8 Å². The second kappa shape index (κ2) is 4.36. The predicted octanol–water partition coefficient (Wildman–Crippen LogP) is 1.99. The summed E-state index contributed by atoms with van der Waals surface area (Å²) >= 11 is 4.49. The molecule has 1 radical (unpaired) electrons. The van der Waals surface area contributed by atoms with E-state index in [4.69, 9.17) is 0 Å². The maximum Gasteiger partial charge on any atom is 0.0145 e. The molecule has 1 saturated heterocycles. The number of rotatable bonds is 2. The third-order valence-corrected chi connectivity index (χ3v) is 2.44. The second-order valence-electron chi connectivity index (χ2n) is 3.74. The average Bonchev–Trinajstić information content (AvgIpc) is 1.85. The largest absolute Gasteiger partial charge is 0.302 e. The second-order valence-corrected chi connectivity index (χ2v) is 4.47. The smallest absolute Gasteiger partial charge is 0.0145 e. The van der Waals surface area contributed by atoms with Crippen LogP contribution in [-0.4, -0.2) is 29.8 Å². The van der Waals surface area contributed by atoms with Crippen LogP contribution in [0.15, 0.2) is 0 Å². The number of hydrogen-bond acceptors (Lipinski definition) is 2. The summed E-state index contributed by atoms with van der Waals surface area (Å²) < 4.78 is 0. The van der Waals surface area contributed by atoms with E-state index in [1.54, 1.807) is 0 Å². The SMILES string of the molecule is C[C](C)CN1CCC[C@@H](S)C1. The first-order valence-electron chi connectivity index (χ1n) is 4.38. The highest BCUT2D eigenvalue weighted by molar-refractivity contribution is 7.81. The van der Waals surface area contributed by atoms with Crippen LogP contribution in [0.25, 0.3) is 0 Å². The molecule has 0 N–H and O–H groups in total. The van der Waals surface area contributed by atoms with Gasteiger partial charge in [0.25, 0.3) is 0 Å². The Bertz CT molecular complexity index is 112. The van der Waals surface area contributed by atoms with Crippen molar-refractivity contribution >= 4 is 12.6 Å². The zero-order chi connectivity index (χ0) is 8.27. The van der Waals surface area contributed by atoms with Crippen molar-refractivity contribution in [1.29, 1.82) is 0 Å². The third-order valence-electron chi connectivity index (χ3n) is 2.02. The van der Waals surface area contributed by atoms with Crippen molar-refractivity contribution in [2.45, 2.75) is 31.9 Å². The van der Waals surface area contributed by atoms with Crippen LogP contribution in [-0.2, 0) is 0 Å². The Morgan fingerprint density at radius 1 is 1.55 bits per heavy atom. The van der Waals surface area contributed by atoms with Gasteiger partial charge in [0, 0.05) is 18.3 Å². The van der Waals surface area contributed by atoms with Gasteiger partial charge in [-0.2, -0.15) is 12.6 Å². The zero-order valence-corrected chi connectivity index (χ0v) is 8.40. The lowest BCUT2D eigenvalue weighted by molar-refractivity contribution is 0.243. The Labute approximate surface area is 75.6 Å². The summed E-state index contributed by atoms with van der Waals surface area (Å²) in [5.74, 6) is 1.51. The molecule has 0 unspecified atom stereocenters. The normalized spacial score (nSPS) is 27.8. The molecule has 1 fully saturated rings. The molecule has 0 amide bonds. The first kappa shape index (κ1) is 9.40. The van der Waals surface area contributed by atoms with Crippen molar-refractivity contribution in [3.8, 4) is 0 Å². The van der Waals surface area contributed by atoms with E-state index in [1.165, 1.54) is 31.8 Å². The molecule has 1 nitrogen and oxygen atoms in total. The molecule has 1 heterocycles. The Kier molecular flexibility index (Phi) is 3.73. The van der Waals surface area contributed by atoms with Gasteiger partial charge in [-0.05, 0) is 25.3 Å². The minimum Gasteiger partial charge on any atom is -0.302 e. The van der Waals surface area contributed by atoms with Gasteiger partial charge < -0.3 is 4.90 Å². The minimum atomic E-state index is 0.614. The molecule has 0 aromatic carbocycles. The van der Waals surface area contributed by atoms with Gasteiger partial charge in [0.05, 0.1) is 0 Å². The van der Waals surface area contributed by atoms with E-state index < -0.39 is 0 Å². The quantitative estimate of drug-likeness (QED) is 0.624. The molecule has 0 spiro atoms. The summed E-state index contributed by atoms with van der Waals surface area (Å²) in [4.78, 5) is 2.50. The van der Waals surface area contributed by atoms with Gasteiger partial charge >= 0.3 is 0 Å². The Morgan fingerprint density at radius 3 is 2.82 bits per heavy atom. The maximum absolute atomic E-state index is 4.49. The molecule has 0 aromatic rings. The van der Waals surface area contributed by atoms with Crippen molar-refractivity contribution < 1.29 is 0 Å². The summed E-state index contributed by atoms with van der Waals surface area (Å²) in [6, 6.07) is 0. The minimum absolute atomic E-state index is 0.614. The Morgan fingerprint density at radius 2 is 2.27 bits per heavy atom. The lowest BCUT2D eigenvalue weighted by Crippen LogP contribution is -2.37. The number of thiol groups is 1. The molecule has 1 rings (SSSR count). The number of hydrogen-bond donors (Lipinski definition) is 1. The van der Waals surface area contributed by atoms with Crippen LogP contribution < -0.4 is 0 Å². The van der Waals surface area contributed by atoms with Crippen molar-refractivity contribution in [3.63, 3.8) is 0 Å².